The number of hydrogen-bond donors (Lipinski definition) is 0. The Balaban J connectivity index is 1.39. The van der Waals surface area contributed by atoms with E-state index in [1.165, 1.54) is 0 Å². The summed E-state index contributed by atoms with van der Waals surface area (Å²) in [6.45, 7) is 6.30. The summed E-state index contributed by atoms with van der Waals surface area (Å²) >= 11 is 0. The molecule has 0 radical (unpaired) electrons. The zero-order chi connectivity index (χ0) is 16.6. The number of nitrogens with zero attached hydrogens (tertiary/aromatic N) is 4. The molecule has 132 valence electrons. The van der Waals surface area contributed by atoms with Crippen molar-refractivity contribution in [1.29, 1.82) is 0 Å². The van der Waals surface area contributed by atoms with E-state index in [0.29, 0.717) is 50.7 Å². The van der Waals surface area contributed by atoms with E-state index in [1.54, 1.807) is 12.7 Å². The summed E-state index contributed by atoms with van der Waals surface area (Å²) < 4.78 is 14.0. The van der Waals surface area contributed by atoms with Crippen LogP contribution in [0.5, 0.6) is 0 Å². The number of carbonyl (C=O) groups is 1. The van der Waals surface area contributed by atoms with Gasteiger partial charge in [0, 0.05) is 24.9 Å². The van der Waals surface area contributed by atoms with E-state index in [2.05, 4.69) is 17.1 Å². The molecule has 1 aliphatic carbocycles. The summed E-state index contributed by atoms with van der Waals surface area (Å²) in [5.41, 5.74) is -0.347. The molecule has 3 aliphatic rings. The molecule has 2 unspecified atom stereocenters. The number of amides is 1. The van der Waals surface area contributed by atoms with Crippen molar-refractivity contribution in [3.63, 3.8) is 0 Å². The van der Waals surface area contributed by atoms with Gasteiger partial charge in [-0.3, -0.25) is 4.79 Å². The van der Waals surface area contributed by atoms with Crippen LogP contribution in [0.1, 0.15) is 26.2 Å². The van der Waals surface area contributed by atoms with Gasteiger partial charge in [-0.05, 0) is 25.2 Å². The first kappa shape index (κ1) is 16.0. The average molecular weight is 334 g/mol. The van der Waals surface area contributed by atoms with Gasteiger partial charge in [0.15, 0.2) is 0 Å². The molecule has 7 heteroatoms. The summed E-state index contributed by atoms with van der Waals surface area (Å²) in [4.78, 5) is 14.7. The lowest BCUT2D eigenvalue weighted by molar-refractivity contribution is -0.142. The largest absolute Gasteiger partial charge is 0.377 e. The molecule has 1 aromatic rings. The highest BCUT2D eigenvalue weighted by Crippen LogP contribution is 2.37. The van der Waals surface area contributed by atoms with Crippen LogP contribution in [0.15, 0.2) is 12.7 Å². The van der Waals surface area contributed by atoms with E-state index >= 15 is 0 Å². The fourth-order valence-electron chi connectivity index (χ4n) is 4.34. The molecule has 3 fully saturated rings. The minimum Gasteiger partial charge on any atom is -0.377 e. The van der Waals surface area contributed by atoms with Crippen molar-refractivity contribution in [2.45, 2.75) is 38.3 Å². The summed E-state index contributed by atoms with van der Waals surface area (Å²) in [5.74, 6) is 1.60. The fourth-order valence-corrected chi connectivity index (χ4v) is 4.34. The number of ether oxygens (including phenoxy) is 2. The quantitative estimate of drug-likeness (QED) is 0.823. The van der Waals surface area contributed by atoms with E-state index in [4.69, 9.17) is 9.47 Å². The van der Waals surface area contributed by atoms with Gasteiger partial charge in [-0.1, -0.05) is 6.92 Å². The first-order valence-corrected chi connectivity index (χ1v) is 8.96. The Labute approximate surface area is 142 Å². The maximum atomic E-state index is 12.8. The highest BCUT2D eigenvalue weighted by atomic mass is 16.5. The normalized spacial score (nSPS) is 36.5. The molecule has 3 heterocycles. The maximum absolute atomic E-state index is 12.8. The van der Waals surface area contributed by atoms with Crippen LogP contribution in [0.25, 0.3) is 0 Å². The first-order chi connectivity index (χ1) is 11.6. The Hall–Kier alpha value is -1.47. The lowest BCUT2D eigenvalue weighted by Crippen LogP contribution is -2.49. The van der Waals surface area contributed by atoms with Crippen LogP contribution in [0.4, 0.5) is 0 Å². The van der Waals surface area contributed by atoms with Crippen molar-refractivity contribution >= 4 is 5.91 Å². The average Bonchev–Trinajstić information content (AvgIpc) is 3.12. The van der Waals surface area contributed by atoms with E-state index in [9.17, 15) is 4.79 Å². The lowest BCUT2D eigenvalue weighted by atomic mass is 9.75. The Kier molecular flexibility index (Phi) is 4.30. The monoisotopic (exact) mass is 334 g/mol. The number of rotatable bonds is 3. The third-order valence-electron chi connectivity index (χ3n) is 5.61. The van der Waals surface area contributed by atoms with Crippen molar-refractivity contribution in [3.05, 3.63) is 12.7 Å². The van der Waals surface area contributed by atoms with Crippen LogP contribution in [-0.4, -0.2) is 64.1 Å². The number of hydrogen-bond acceptors (Lipinski definition) is 5. The molecular formula is C17H26N4O3. The predicted octanol–water partition coefficient (Wildman–Crippen LogP) is 0.958. The van der Waals surface area contributed by atoms with Crippen molar-refractivity contribution in [2.75, 3.05) is 32.9 Å². The van der Waals surface area contributed by atoms with E-state index in [0.717, 1.165) is 25.8 Å². The fraction of sp³-hybridized carbons (Fsp3) is 0.824. The van der Waals surface area contributed by atoms with Gasteiger partial charge in [-0.15, -0.1) is 10.2 Å². The van der Waals surface area contributed by atoms with Crippen LogP contribution < -0.4 is 0 Å². The van der Waals surface area contributed by atoms with Gasteiger partial charge in [0.1, 0.15) is 18.3 Å². The molecule has 7 nitrogen and oxygen atoms in total. The minimum absolute atomic E-state index is 0.212. The van der Waals surface area contributed by atoms with Gasteiger partial charge in [0.2, 0.25) is 5.91 Å². The van der Waals surface area contributed by atoms with Crippen LogP contribution in [0.3, 0.4) is 0 Å². The molecule has 0 N–H and O–H groups in total. The Morgan fingerprint density at radius 3 is 2.88 bits per heavy atom. The van der Waals surface area contributed by atoms with Crippen molar-refractivity contribution < 1.29 is 14.3 Å². The zero-order valence-corrected chi connectivity index (χ0v) is 14.3. The molecule has 0 bridgehead atoms. The van der Waals surface area contributed by atoms with Gasteiger partial charge >= 0.3 is 0 Å². The molecule has 2 aliphatic heterocycles. The SMILES string of the molecule is CC1CC(C(=O)N2CCOCC3(CC(Cn4cnnc4)CO3)C2)C1. The molecular weight excluding hydrogens is 308 g/mol. The van der Waals surface area contributed by atoms with Gasteiger partial charge in [-0.2, -0.15) is 0 Å². The molecule has 24 heavy (non-hydrogen) atoms. The molecule has 2 atom stereocenters. The molecule has 1 spiro atoms. The molecule has 1 saturated carbocycles. The standard InChI is InChI=1S/C17H26N4O3/c1-13-4-15(5-13)16(22)21-2-3-23-10-17(9-21)6-14(8-24-17)7-20-11-18-19-12-20/h11-15H,2-10H2,1H3. The van der Waals surface area contributed by atoms with Gasteiger partial charge in [0.05, 0.1) is 26.4 Å². The molecule has 1 amide bonds. The Morgan fingerprint density at radius 1 is 1.33 bits per heavy atom. The molecule has 4 rings (SSSR count). The Bertz CT molecular complexity index is 572. The Morgan fingerprint density at radius 2 is 2.12 bits per heavy atom. The zero-order valence-electron chi connectivity index (χ0n) is 14.3. The van der Waals surface area contributed by atoms with Crippen LogP contribution in [0.2, 0.25) is 0 Å². The summed E-state index contributed by atoms with van der Waals surface area (Å²) in [6, 6.07) is 0. The van der Waals surface area contributed by atoms with Gasteiger partial charge in [-0.25, -0.2) is 0 Å². The van der Waals surface area contributed by atoms with Gasteiger partial charge in [0.25, 0.3) is 0 Å². The topological polar surface area (TPSA) is 69.5 Å². The first-order valence-electron chi connectivity index (χ1n) is 8.96. The minimum atomic E-state index is -0.347. The highest BCUT2D eigenvalue weighted by Gasteiger charge is 2.45. The lowest BCUT2D eigenvalue weighted by Gasteiger charge is -2.38. The second kappa shape index (κ2) is 6.44. The van der Waals surface area contributed by atoms with Crippen LogP contribution in [0, 0.1) is 17.8 Å². The van der Waals surface area contributed by atoms with Crippen molar-refractivity contribution in [2.24, 2.45) is 17.8 Å². The maximum Gasteiger partial charge on any atom is 0.225 e. The van der Waals surface area contributed by atoms with E-state index in [-0.39, 0.29) is 11.5 Å². The summed E-state index contributed by atoms with van der Waals surface area (Å²) in [5, 5.41) is 7.71. The van der Waals surface area contributed by atoms with E-state index < -0.39 is 0 Å². The number of carbonyl (C=O) groups excluding carboxylic acids is 1. The third-order valence-corrected chi connectivity index (χ3v) is 5.61. The highest BCUT2D eigenvalue weighted by molar-refractivity contribution is 5.79. The number of aromatic nitrogens is 3. The summed E-state index contributed by atoms with van der Waals surface area (Å²) in [6.07, 6.45) is 6.45. The van der Waals surface area contributed by atoms with Crippen molar-refractivity contribution in [1.82, 2.24) is 19.7 Å². The van der Waals surface area contributed by atoms with Crippen molar-refractivity contribution in [3.8, 4) is 0 Å². The summed E-state index contributed by atoms with van der Waals surface area (Å²) in [7, 11) is 0. The van der Waals surface area contributed by atoms with Crippen LogP contribution >= 0.6 is 0 Å². The van der Waals surface area contributed by atoms with Gasteiger partial charge < -0.3 is 18.9 Å². The second-order valence-corrected chi connectivity index (χ2v) is 7.81. The molecule has 0 aromatic carbocycles. The molecule has 2 saturated heterocycles. The second-order valence-electron chi connectivity index (χ2n) is 7.81. The molecule has 1 aromatic heterocycles. The third kappa shape index (κ3) is 3.19. The van der Waals surface area contributed by atoms with Crippen LogP contribution in [-0.2, 0) is 20.8 Å². The smallest absolute Gasteiger partial charge is 0.225 e. The predicted molar refractivity (Wildman–Crippen MR) is 86.1 cm³/mol. The van der Waals surface area contributed by atoms with E-state index in [1.807, 2.05) is 9.47 Å².